The summed E-state index contributed by atoms with van der Waals surface area (Å²) in [5.74, 6) is 1.59. The predicted octanol–water partition coefficient (Wildman–Crippen LogP) is 2.29. The summed E-state index contributed by atoms with van der Waals surface area (Å²) in [5, 5.41) is 9.97. The topological polar surface area (TPSA) is 66.8 Å². The maximum absolute atomic E-state index is 12.4. The number of ether oxygens (including phenoxy) is 1. The van der Waals surface area contributed by atoms with Crippen molar-refractivity contribution in [2.75, 3.05) is 31.2 Å². The van der Waals surface area contributed by atoms with E-state index in [2.05, 4.69) is 6.92 Å². The van der Waals surface area contributed by atoms with Gasteiger partial charge < -0.3 is 14.7 Å². The largest absolute Gasteiger partial charge is 0.493 e. The minimum atomic E-state index is -0.944. The highest BCUT2D eigenvalue weighted by molar-refractivity contribution is 7.99. The van der Waals surface area contributed by atoms with E-state index in [-0.39, 0.29) is 18.4 Å². The van der Waals surface area contributed by atoms with Crippen molar-refractivity contribution < 1.29 is 19.4 Å². The number of carbonyl (C=O) groups excluding carboxylic acids is 1. The summed E-state index contributed by atoms with van der Waals surface area (Å²) in [7, 11) is 0. The SMILES string of the molecule is CCSCCC(=O)N1C[C@@H]2COc3ccccc3C[C@]2(C(=O)O)C1. The zero-order valence-electron chi connectivity index (χ0n) is 13.9. The van der Waals surface area contributed by atoms with Gasteiger partial charge in [-0.25, -0.2) is 0 Å². The van der Waals surface area contributed by atoms with Crippen LogP contribution < -0.4 is 4.74 Å². The number of thioether (sulfide) groups is 1. The lowest BCUT2D eigenvalue weighted by Gasteiger charge is -2.27. The fraction of sp³-hybridized carbons (Fsp3) is 0.556. The third-order valence-corrected chi connectivity index (χ3v) is 5.96. The van der Waals surface area contributed by atoms with E-state index in [4.69, 9.17) is 4.74 Å². The first kappa shape index (κ1) is 17.1. The second-order valence-corrected chi connectivity index (χ2v) is 7.87. The third kappa shape index (κ3) is 3.11. The lowest BCUT2D eigenvalue weighted by molar-refractivity contribution is -0.151. The van der Waals surface area contributed by atoms with Crippen molar-refractivity contribution in [1.82, 2.24) is 4.90 Å². The van der Waals surface area contributed by atoms with Gasteiger partial charge in [-0.05, 0) is 23.8 Å². The van der Waals surface area contributed by atoms with Gasteiger partial charge in [-0.2, -0.15) is 11.8 Å². The van der Waals surface area contributed by atoms with Crippen molar-refractivity contribution in [3.8, 4) is 5.75 Å². The number of para-hydroxylation sites is 1. The van der Waals surface area contributed by atoms with Gasteiger partial charge in [0.25, 0.3) is 0 Å². The van der Waals surface area contributed by atoms with Crippen LogP contribution in [-0.2, 0) is 16.0 Å². The molecule has 2 aliphatic rings. The van der Waals surface area contributed by atoms with E-state index in [1.165, 1.54) is 0 Å². The number of amides is 1. The van der Waals surface area contributed by atoms with Crippen LogP contribution in [0.2, 0.25) is 0 Å². The number of fused-ring (bicyclic) bond motifs is 2. The zero-order chi connectivity index (χ0) is 17.2. The molecule has 2 atom stereocenters. The minimum absolute atomic E-state index is 0.0536. The molecule has 0 spiro atoms. The Balaban J connectivity index is 1.81. The summed E-state index contributed by atoms with van der Waals surface area (Å²) in [5.41, 5.74) is -0.0292. The molecule has 5 nitrogen and oxygen atoms in total. The second-order valence-electron chi connectivity index (χ2n) is 6.47. The molecule has 3 rings (SSSR count). The Hall–Kier alpha value is -1.69. The minimum Gasteiger partial charge on any atom is -0.493 e. The second kappa shape index (κ2) is 7.05. The molecule has 0 aliphatic carbocycles. The van der Waals surface area contributed by atoms with E-state index < -0.39 is 11.4 Å². The Morgan fingerprint density at radius 1 is 1.42 bits per heavy atom. The normalized spacial score (nSPS) is 25.4. The first-order valence-electron chi connectivity index (χ1n) is 8.36. The molecule has 1 N–H and O–H groups in total. The molecule has 2 heterocycles. The lowest BCUT2D eigenvalue weighted by Crippen LogP contribution is -2.42. The van der Waals surface area contributed by atoms with E-state index >= 15 is 0 Å². The quantitative estimate of drug-likeness (QED) is 0.826. The number of carbonyl (C=O) groups is 2. The Labute approximate surface area is 146 Å². The molecule has 1 amide bonds. The average Bonchev–Trinajstić information content (AvgIpc) is 2.86. The summed E-state index contributed by atoms with van der Waals surface area (Å²) in [4.78, 5) is 26.3. The molecule has 2 aliphatic heterocycles. The third-order valence-electron chi connectivity index (χ3n) is 5.06. The van der Waals surface area contributed by atoms with Crippen LogP contribution in [-0.4, -0.2) is 53.1 Å². The molecule has 130 valence electrons. The van der Waals surface area contributed by atoms with Crippen LogP contribution in [0.5, 0.6) is 5.75 Å². The van der Waals surface area contributed by atoms with Crippen molar-refractivity contribution in [1.29, 1.82) is 0 Å². The van der Waals surface area contributed by atoms with Gasteiger partial charge in [0.05, 0.1) is 12.0 Å². The number of aliphatic carboxylic acids is 1. The molecule has 1 aromatic carbocycles. The van der Waals surface area contributed by atoms with Gasteiger partial charge in [-0.1, -0.05) is 25.1 Å². The molecule has 0 aromatic heterocycles. The predicted molar refractivity (Wildman–Crippen MR) is 93.4 cm³/mol. The summed E-state index contributed by atoms with van der Waals surface area (Å²) in [6.45, 7) is 3.16. The lowest BCUT2D eigenvalue weighted by atomic mass is 9.74. The number of hydrogen-bond acceptors (Lipinski definition) is 4. The molecular formula is C18H23NO4S. The number of hydrogen-bond donors (Lipinski definition) is 1. The number of carboxylic acid groups (broad SMARTS) is 1. The zero-order valence-corrected chi connectivity index (χ0v) is 14.7. The van der Waals surface area contributed by atoms with Crippen LogP contribution in [0.4, 0.5) is 0 Å². The van der Waals surface area contributed by atoms with Crippen LogP contribution >= 0.6 is 11.8 Å². The summed E-state index contributed by atoms with van der Waals surface area (Å²) >= 11 is 1.73. The molecule has 0 saturated carbocycles. The number of benzene rings is 1. The molecule has 1 fully saturated rings. The fourth-order valence-corrected chi connectivity index (χ4v) is 4.29. The standard InChI is InChI=1S/C18H23NO4S/c1-2-24-8-7-16(20)19-10-14-11-23-15-6-4-3-5-13(15)9-18(14,12-19)17(21)22/h3-6,14H,2,7-12H2,1H3,(H,21,22)/t14-,18+/m1/s1. The Morgan fingerprint density at radius 3 is 2.96 bits per heavy atom. The monoisotopic (exact) mass is 349 g/mol. The van der Waals surface area contributed by atoms with Crippen molar-refractivity contribution in [2.24, 2.45) is 11.3 Å². The van der Waals surface area contributed by atoms with Crippen molar-refractivity contribution in [2.45, 2.75) is 19.8 Å². The first-order chi connectivity index (χ1) is 11.6. The maximum Gasteiger partial charge on any atom is 0.312 e. The van der Waals surface area contributed by atoms with E-state index in [9.17, 15) is 14.7 Å². The van der Waals surface area contributed by atoms with Crippen LogP contribution in [0.1, 0.15) is 18.9 Å². The molecular weight excluding hydrogens is 326 g/mol. The van der Waals surface area contributed by atoms with E-state index in [1.807, 2.05) is 24.3 Å². The van der Waals surface area contributed by atoms with E-state index in [0.29, 0.717) is 26.0 Å². The van der Waals surface area contributed by atoms with Gasteiger partial charge in [-0.15, -0.1) is 0 Å². The Bertz CT molecular complexity index is 635. The van der Waals surface area contributed by atoms with Crippen LogP contribution in [0.3, 0.4) is 0 Å². The maximum atomic E-state index is 12.4. The molecule has 0 radical (unpaired) electrons. The number of carboxylic acids is 1. The number of rotatable bonds is 5. The molecule has 0 bridgehead atoms. The summed E-state index contributed by atoms with van der Waals surface area (Å²) in [6.07, 6.45) is 0.884. The van der Waals surface area contributed by atoms with Crippen molar-refractivity contribution in [3.05, 3.63) is 29.8 Å². The van der Waals surface area contributed by atoms with Gasteiger partial charge in [0.15, 0.2) is 0 Å². The van der Waals surface area contributed by atoms with Gasteiger partial charge in [0, 0.05) is 31.2 Å². The summed E-state index contributed by atoms with van der Waals surface area (Å²) in [6, 6.07) is 7.61. The molecule has 1 saturated heterocycles. The summed E-state index contributed by atoms with van der Waals surface area (Å²) < 4.78 is 5.86. The van der Waals surface area contributed by atoms with Crippen molar-refractivity contribution in [3.63, 3.8) is 0 Å². The van der Waals surface area contributed by atoms with Gasteiger partial charge in [-0.3, -0.25) is 9.59 Å². The van der Waals surface area contributed by atoms with Crippen molar-refractivity contribution >= 4 is 23.6 Å². The molecule has 6 heteroatoms. The number of likely N-dealkylation sites (tertiary alicyclic amines) is 1. The van der Waals surface area contributed by atoms with Crippen LogP contribution in [0, 0.1) is 11.3 Å². The smallest absolute Gasteiger partial charge is 0.312 e. The highest BCUT2D eigenvalue weighted by Crippen LogP contribution is 2.44. The van der Waals surface area contributed by atoms with E-state index in [1.54, 1.807) is 16.7 Å². The highest BCUT2D eigenvalue weighted by Gasteiger charge is 2.54. The molecule has 0 unspecified atom stereocenters. The van der Waals surface area contributed by atoms with Gasteiger partial charge >= 0.3 is 5.97 Å². The number of nitrogens with zero attached hydrogens (tertiary/aromatic N) is 1. The van der Waals surface area contributed by atoms with Gasteiger partial charge in [0.2, 0.25) is 5.91 Å². The van der Waals surface area contributed by atoms with Gasteiger partial charge in [0.1, 0.15) is 5.75 Å². The fourth-order valence-electron chi connectivity index (χ4n) is 3.68. The Kier molecular flexibility index (Phi) is 5.04. The van der Waals surface area contributed by atoms with Crippen LogP contribution in [0.25, 0.3) is 0 Å². The highest BCUT2D eigenvalue weighted by atomic mass is 32.2. The first-order valence-corrected chi connectivity index (χ1v) is 9.52. The molecule has 1 aromatic rings. The van der Waals surface area contributed by atoms with Crippen LogP contribution in [0.15, 0.2) is 24.3 Å². The Morgan fingerprint density at radius 2 is 2.21 bits per heavy atom. The average molecular weight is 349 g/mol. The van der Waals surface area contributed by atoms with E-state index in [0.717, 1.165) is 22.8 Å². The molecule has 24 heavy (non-hydrogen) atoms.